The predicted molar refractivity (Wildman–Crippen MR) is 121 cm³/mol. The van der Waals surface area contributed by atoms with Crippen molar-refractivity contribution in [3.63, 3.8) is 0 Å². The molecule has 1 fully saturated rings. The maximum absolute atomic E-state index is 12.4. The van der Waals surface area contributed by atoms with Crippen LogP contribution in [-0.4, -0.2) is 39.6 Å². The van der Waals surface area contributed by atoms with Crippen molar-refractivity contribution in [3.8, 4) is 0 Å². The molecule has 2 amide bonds. The molecule has 7 nitrogen and oxygen atoms in total. The van der Waals surface area contributed by atoms with Crippen LogP contribution in [0.3, 0.4) is 0 Å². The van der Waals surface area contributed by atoms with Crippen molar-refractivity contribution < 1.29 is 18.0 Å². The largest absolute Gasteiger partial charge is 0.350 e. The molecule has 154 valence electrons. The van der Waals surface area contributed by atoms with Crippen molar-refractivity contribution >= 4 is 55.8 Å². The molecule has 0 unspecified atom stereocenters. The van der Waals surface area contributed by atoms with Gasteiger partial charge in [-0.1, -0.05) is 12.1 Å². The number of nitrogens with one attached hydrogen (secondary N) is 1. The summed E-state index contributed by atoms with van der Waals surface area (Å²) in [5, 5.41) is 2.76. The van der Waals surface area contributed by atoms with Gasteiger partial charge in [-0.2, -0.15) is 0 Å². The number of halogens is 1. The molecule has 1 aliphatic heterocycles. The fraction of sp³-hybridized carbons (Fsp3) is 0.300. The third kappa shape index (κ3) is 5.69. The van der Waals surface area contributed by atoms with Crippen molar-refractivity contribution in [2.75, 3.05) is 28.6 Å². The van der Waals surface area contributed by atoms with Gasteiger partial charge in [0.2, 0.25) is 21.8 Å². The number of benzene rings is 2. The molecule has 1 N–H and O–H groups in total. The summed E-state index contributed by atoms with van der Waals surface area (Å²) in [6.45, 7) is 0.650. The molecule has 2 aromatic rings. The maximum atomic E-state index is 12.4. The molecule has 0 aliphatic carbocycles. The molecule has 2 aromatic carbocycles. The summed E-state index contributed by atoms with van der Waals surface area (Å²) in [6.07, 6.45) is 2.48. The van der Waals surface area contributed by atoms with Crippen LogP contribution in [0.15, 0.2) is 48.5 Å². The smallest absolute Gasteiger partial charge is 0.241 e. The monoisotopic (exact) mass is 527 g/mol. The minimum absolute atomic E-state index is 0.104. The number of nitrogens with zero attached hydrogens (tertiary/aromatic N) is 2. The Balaban J connectivity index is 1.65. The van der Waals surface area contributed by atoms with E-state index >= 15 is 0 Å². The normalized spacial score (nSPS) is 14.1. The first kappa shape index (κ1) is 21.6. The highest BCUT2D eigenvalue weighted by Crippen LogP contribution is 2.22. The first-order chi connectivity index (χ1) is 13.7. The second kappa shape index (κ2) is 9.12. The van der Waals surface area contributed by atoms with Gasteiger partial charge in [0.15, 0.2) is 0 Å². The van der Waals surface area contributed by atoms with E-state index < -0.39 is 15.9 Å². The number of amides is 2. The molecule has 3 rings (SSSR count). The third-order valence-corrected chi connectivity index (χ3v) is 6.45. The van der Waals surface area contributed by atoms with Gasteiger partial charge >= 0.3 is 0 Å². The molecule has 0 spiro atoms. The number of rotatable bonds is 7. The topological polar surface area (TPSA) is 86.8 Å². The van der Waals surface area contributed by atoms with E-state index in [0.29, 0.717) is 18.7 Å². The van der Waals surface area contributed by atoms with E-state index in [1.807, 2.05) is 24.3 Å². The van der Waals surface area contributed by atoms with Crippen LogP contribution in [0.2, 0.25) is 0 Å². The lowest BCUT2D eigenvalue weighted by Crippen LogP contribution is -2.40. The Morgan fingerprint density at radius 2 is 1.93 bits per heavy atom. The van der Waals surface area contributed by atoms with Gasteiger partial charge in [0.05, 0.1) is 11.9 Å². The van der Waals surface area contributed by atoms with Crippen LogP contribution in [0.25, 0.3) is 0 Å². The lowest BCUT2D eigenvalue weighted by Gasteiger charge is -2.22. The number of carbonyl (C=O) groups excluding carboxylic acids is 2. The average Bonchev–Trinajstić information content (AvgIpc) is 3.11. The quantitative estimate of drug-likeness (QED) is 0.561. The van der Waals surface area contributed by atoms with Gasteiger partial charge in [-0.3, -0.25) is 13.9 Å². The molecule has 29 heavy (non-hydrogen) atoms. The minimum Gasteiger partial charge on any atom is -0.350 e. The molecule has 0 bridgehead atoms. The van der Waals surface area contributed by atoms with E-state index in [0.717, 1.165) is 31.8 Å². The Labute approximate surface area is 184 Å². The van der Waals surface area contributed by atoms with E-state index in [9.17, 15) is 18.0 Å². The molecular formula is C20H22IN3O4S. The van der Waals surface area contributed by atoms with E-state index in [1.54, 1.807) is 29.2 Å². The Kier molecular flexibility index (Phi) is 6.78. The highest BCUT2D eigenvalue weighted by molar-refractivity contribution is 14.1. The Hall–Kier alpha value is -2.14. The second-order valence-electron chi connectivity index (χ2n) is 6.84. The van der Waals surface area contributed by atoms with E-state index in [2.05, 4.69) is 27.9 Å². The van der Waals surface area contributed by atoms with Crippen LogP contribution in [0.5, 0.6) is 0 Å². The lowest BCUT2D eigenvalue weighted by atomic mass is 10.2. The Morgan fingerprint density at radius 1 is 1.21 bits per heavy atom. The average molecular weight is 527 g/mol. The van der Waals surface area contributed by atoms with Crippen molar-refractivity contribution in [2.24, 2.45) is 0 Å². The molecule has 0 saturated carbocycles. The summed E-state index contributed by atoms with van der Waals surface area (Å²) in [4.78, 5) is 26.1. The van der Waals surface area contributed by atoms with Gasteiger partial charge in [0, 0.05) is 28.8 Å². The zero-order valence-corrected chi connectivity index (χ0v) is 18.9. The molecule has 9 heteroatoms. The van der Waals surface area contributed by atoms with Gasteiger partial charge in [-0.05, 0) is 71.0 Å². The van der Waals surface area contributed by atoms with Crippen LogP contribution in [0, 0.1) is 3.57 Å². The molecule has 1 saturated heterocycles. The second-order valence-corrected chi connectivity index (χ2v) is 9.99. The fourth-order valence-electron chi connectivity index (χ4n) is 3.15. The van der Waals surface area contributed by atoms with Crippen LogP contribution in [0.1, 0.15) is 18.4 Å². The standard InChI is InChI=1S/C20H22IN3O4S/c1-29(27,28)24(17-9-7-16(21)8-10-17)14-19(25)22-13-15-4-2-5-18(12-15)23-11-3-6-20(23)26/h2,4-5,7-10,12H,3,6,11,13-14H2,1H3,(H,22,25). The Morgan fingerprint density at radius 3 is 2.55 bits per heavy atom. The van der Waals surface area contributed by atoms with Gasteiger partial charge < -0.3 is 10.2 Å². The number of sulfonamides is 1. The highest BCUT2D eigenvalue weighted by atomic mass is 127. The van der Waals surface area contributed by atoms with Crippen LogP contribution in [0.4, 0.5) is 11.4 Å². The molecule has 1 aliphatic rings. The van der Waals surface area contributed by atoms with Gasteiger partial charge in [0.25, 0.3) is 0 Å². The van der Waals surface area contributed by atoms with Crippen LogP contribution < -0.4 is 14.5 Å². The van der Waals surface area contributed by atoms with Crippen molar-refractivity contribution in [3.05, 3.63) is 57.7 Å². The summed E-state index contributed by atoms with van der Waals surface area (Å²) >= 11 is 2.13. The van der Waals surface area contributed by atoms with Gasteiger partial charge in [0.1, 0.15) is 6.54 Å². The molecule has 0 aromatic heterocycles. The summed E-state index contributed by atoms with van der Waals surface area (Å²) in [5.74, 6) is -0.302. The minimum atomic E-state index is -3.61. The molecule has 1 heterocycles. The summed E-state index contributed by atoms with van der Waals surface area (Å²) < 4.78 is 26.4. The maximum Gasteiger partial charge on any atom is 0.241 e. The SMILES string of the molecule is CS(=O)(=O)N(CC(=O)NCc1cccc(N2CCCC2=O)c1)c1ccc(I)cc1. The van der Waals surface area contributed by atoms with Crippen molar-refractivity contribution in [1.29, 1.82) is 0 Å². The zero-order chi connectivity index (χ0) is 21.0. The lowest BCUT2D eigenvalue weighted by molar-refractivity contribution is -0.120. The van der Waals surface area contributed by atoms with Crippen molar-refractivity contribution in [2.45, 2.75) is 19.4 Å². The fourth-order valence-corrected chi connectivity index (χ4v) is 4.37. The highest BCUT2D eigenvalue weighted by Gasteiger charge is 2.22. The van der Waals surface area contributed by atoms with E-state index in [-0.39, 0.29) is 19.0 Å². The number of carbonyl (C=O) groups is 2. The summed E-state index contributed by atoms with van der Waals surface area (Å²) in [6, 6.07) is 14.4. The number of hydrogen-bond donors (Lipinski definition) is 1. The third-order valence-electron chi connectivity index (χ3n) is 4.59. The summed E-state index contributed by atoms with van der Waals surface area (Å²) in [7, 11) is -3.61. The predicted octanol–water partition coefficient (Wildman–Crippen LogP) is 2.50. The van der Waals surface area contributed by atoms with Gasteiger partial charge in [-0.15, -0.1) is 0 Å². The molecule has 0 atom stereocenters. The first-order valence-corrected chi connectivity index (χ1v) is 12.1. The van der Waals surface area contributed by atoms with E-state index in [1.165, 1.54) is 0 Å². The Bertz CT molecular complexity index is 1010. The van der Waals surface area contributed by atoms with Crippen LogP contribution >= 0.6 is 22.6 Å². The van der Waals surface area contributed by atoms with Crippen LogP contribution in [-0.2, 0) is 26.2 Å². The van der Waals surface area contributed by atoms with Gasteiger partial charge in [-0.25, -0.2) is 8.42 Å². The molecule has 0 radical (unpaired) electrons. The van der Waals surface area contributed by atoms with E-state index in [4.69, 9.17) is 0 Å². The van der Waals surface area contributed by atoms with Crippen molar-refractivity contribution in [1.82, 2.24) is 5.32 Å². The zero-order valence-electron chi connectivity index (χ0n) is 16.0. The first-order valence-electron chi connectivity index (χ1n) is 9.13. The number of hydrogen-bond acceptors (Lipinski definition) is 4. The number of anilines is 2. The molecular weight excluding hydrogens is 505 g/mol. The summed E-state index contributed by atoms with van der Waals surface area (Å²) in [5.41, 5.74) is 2.10.